The molecule has 0 saturated carbocycles. The summed E-state index contributed by atoms with van der Waals surface area (Å²) in [5.41, 5.74) is 4.68. The second kappa shape index (κ2) is 1.42. The Balaban J connectivity index is 2.29. The van der Waals surface area contributed by atoms with Gasteiger partial charge in [0, 0.05) is 0 Å². The highest BCUT2D eigenvalue weighted by Crippen LogP contribution is 2.12. The zero-order valence-corrected chi connectivity index (χ0v) is 3.98. The van der Waals surface area contributed by atoms with E-state index >= 15 is 0 Å². The van der Waals surface area contributed by atoms with E-state index in [2.05, 4.69) is 4.74 Å². The van der Waals surface area contributed by atoms with Crippen molar-refractivity contribution in [3.63, 3.8) is 0 Å². The second-order valence-electron chi connectivity index (χ2n) is 1.99. The third-order valence-corrected chi connectivity index (χ3v) is 1.05. The van der Waals surface area contributed by atoms with Crippen molar-refractivity contribution in [2.45, 2.75) is 5.54 Å². The lowest BCUT2D eigenvalue weighted by atomic mass is 10.0. The standard InChI is InChI=1S/C4H8FNO/c5-1-4(6)2-7-3-4/h1-3,6H2. The number of nitrogens with two attached hydrogens (primary N) is 1. The summed E-state index contributed by atoms with van der Waals surface area (Å²) < 4.78 is 16.3. The van der Waals surface area contributed by atoms with E-state index in [0.29, 0.717) is 13.2 Å². The van der Waals surface area contributed by atoms with Crippen LogP contribution >= 0.6 is 0 Å². The molecule has 0 aromatic rings. The van der Waals surface area contributed by atoms with Gasteiger partial charge in [0.2, 0.25) is 0 Å². The average molecular weight is 105 g/mol. The summed E-state index contributed by atoms with van der Waals surface area (Å²) in [6.45, 7) is 0.292. The van der Waals surface area contributed by atoms with Crippen LogP contribution in [0.1, 0.15) is 0 Å². The van der Waals surface area contributed by atoms with E-state index in [1.165, 1.54) is 0 Å². The number of halogens is 1. The van der Waals surface area contributed by atoms with Gasteiger partial charge in [-0.15, -0.1) is 0 Å². The van der Waals surface area contributed by atoms with E-state index in [9.17, 15) is 4.39 Å². The Morgan fingerprint density at radius 1 is 1.71 bits per heavy atom. The van der Waals surface area contributed by atoms with Crippen LogP contribution in [-0.4, -0.2) is 25.4 Å². The van der Waals surface area contributed by atoms with E-state index in [1.54, 1.807) is 0 Å². The summed E-state index contributed by atoms with van der Waals surface area (Å²) in [6, 6.07) is 0. The van der Waals surface area contributed by atoms with Gasteiger partial charge in [0.15, 0.2) is 0 Å². The van der Waals surface area contributed by atoms with Crippen LogP contribution in [0.5, 0.6) is 0 Å². The van der Waals surface area contributed by atoms with Crippen molar-refractivity contribution in [1.82, 2.24) is 0 Å². The second-order valence-corrected chi connectivity index (χ2v) is 1.99. The van der Waals surface area contributed by atoms with Crippen LogP contribution in [0.4, 0.5) is 4.39 Å². The quantitative estimate of drug-likeness (QED) is 0.496. The van der Waals surface area contributed by atoms with Crippen LogP contribution < -0.4 is 5.73 Å². The molecule has 0 aliphatic carbocycles. The minimum absolute atomic E-state index is 0.378. The van der Waals surface area contributed by atoms with E-state index in [-0.39, 0.29) is 0 Å². The zero-order chi connectivity index (χ0) is 5.33. The predicted molar refractivity (Wildman–Crippen MR) is 23.7 cm³/mol. The number of hydrogen-bond donors (Lipinski definition) is 1. The third kappa shape index (κ3) is 0.737. The summed E-state index contributed by atoms with van der Waals surface area (Å²) in [5, 5.41) is 0. The molecule has 1 aliphatic heterocycles. The molecule has 0 atom stereocenters. The molecule has 2 nitrogen and oxygen atoms in total. The van der Waals surface area contributed by atoms with E-state index < -0.39 is 12.2 Å². The molecule has 2 N–H and O–H groups in total. The van der Waals surface area contributed by atoms with Gasteiger partial charge in [-0.2, -0.15) is 0 Å². The first-order valence-corrected chi connectivity index (χ1v) is 2.19. The molecule has 42 valence electrons. The van der Waals surface area contributed by atoms with E-state index in [1.807, 2.05) is 0 Å². The fourth-order valence-electron chi connectivity index (χ4n) is 0.441. The molecule has 3 heteroatoms. The van der Waals surface area contributed by atoms with Gasteiger partial charge in [0.25, 0.3) is 0 Å². The molecule has 1 fully saturated rings. The highest BCUT2D eigenvalue weighted by Gasteiger charge is 2.33. The highest BCUT2D eigenvalue weighted by atomic mass is 19.1. The van der Waals surface area contributed by atoms with Crippen LogP contribution in [0.15, 0.2) is 0 Å². The lowest BCUT2D eigenvalue weighted by Gasteiger charge is -2.34. The summed E-state index contributed by atoms with van der Waals surface area (Å²) in [5.74, 6) is 0. The fourth-order valence-corrected chi connectivity index (χ4v) is 0.441. The summed E-state index contributed by atoms with van der Waals surface area (Å²) >= 11 is 0. The summed E-state index contributed by atoms with van der Waals surface area (Å²) in [6.07, 6.45) is 0. The number of ether oxygens (including phenoxy) is 1. The minimum atomic E-state index is -0.625. The van der Waals surface area contributed by atoms with Crippen LogP contribution in [-0.2, 0) is 4.74 Å². The predicted octanol–water partition coefficient (Wildman–Crippen LogP) is -0.316. The molecule has 1 rings (SSSR count). The Labute approximate surface area is 41.4 Å². The van der Waals surface area contributed by atoms with Crippen LogP contribution in [0, 0.1) is 0 Å². The van der Waals surface area contributed by atoms with Crippen LogP contribution in [0.3, 0.4) is 0 Å². The van der Waals surface area contributed by atoms with Gasteiger partial charge in [-0.25, -0.2) is 4.39 Å². The molecule has 0 amide bonds. The van der Waals surface area contributed by atoms with Crippen molar-refractivity contribution in [2.75, 3.05) is 19.9 Å². The molecular weight excluding hydrogens is 97.0 g/mol. The zero-order valence-electron chi connectivity index (χ0n) is 3.98. The fraction of sp³-hybridized carbons (Fsp3) is 1.00. The van der Waals surface area contributed by atoms with E-state index in [4.69, 9.17) is 5.73 Å². The monoisotopic (exact) mass is 105 g/mol. The Bertz CT molecular complexity index is 66.6. The van der Waals surface area contributed by atoms with Gasteiger partial charge >= 0.3 is 0 Å². The average Bonchev–Trinajstić information content (AvgIpc) is 1.61. The van der Waals surface area contributed by atoms with Gasteiger partial charge in [0.1, 0.15) is 6.67 Å². The van der Waals surface area contributed by atoms with Crippen LogP contribution in [0.25, 0.3) is 0 Å². The van der Waals surface area contributed by atoms with Crippen molar-refractivity contribution >= 4 is 0 Å². The topological polar surface area (TPSA) is 35.2 Å². The van der Waals surface area contributed by atoms with E-state index in [0.717, 1.165) is 0 Å². The Kier molecular flexibility index (Phi) is 1.01. The summed E-state index contributed by atoms with van der Waals surface area (Å²) in [7, 11) is 0. The molecular formula is C4H8FNO. The molecule has 0 spiro atoms. The first kappa shape index (κ1) is 5.00. The minimum Gasteiger partial charge on any atom is -0.377 e. The van der Waals surface area contributed by atoms with Gasteiger partial charge in [-0.3, -0.25) is 0 Å². The first-order chi connectivity index (χ1) is 3.27. The molecule has 0 radical (unpaired) electrons. The lowest BCUT2D eigenvalue weighted by molar-refractivity contribution is -0.0634. The Hall–Kier alpha value is -0.150. The molecule has 1 saturated heterocycles. The molecule has 0 aromatic carbocycles. The van der Waals surface area contributed by atoms with Crippen molar-refractivity contribution in [3.05, 3.63) is 0 Å². The Morgan fingerprint density at radius 3 is 2.29 bits per heavy atom. The first-order valence-electron chi connectivity index (χ1n) is 2.19. The maximum absolute atomic E-state index is 11.6. The van der Waals surface area contributed by atoms with Crippen LogP contribution in [0.2, 0.25) is 0 Å². The third-order valence-electron chi connectivity index (χ3n) is 1.05. The van der Waals surface area contributed by atoms with Crippen molar-refractivity contribution < 1.29 is 9.13 Å². The van der Waals surface area contributed by atoms with Gasteiger partial charge in [-0.05, 0) is 0 Å². The van der Waals surface area contributed by atoms with Gasteiger partial charge in [-0.1, -0.05) is 0 Å². The molecule has 7 heavy (non-hydrogen) atoms. The Morgan fingerprint density at radius 2 is 2.29 bits per heavy atom. The van der Waals surface area contributed by atoms with Crippen molar-refractivity contribution in [2.24, 2.45) is 5.73 Å². The maximum atomic E-state index is 11.6. The highest BCUT2D eigenvalue weighted by molar-refractivity contribution is 4.89. The smallest absolute Gasteiger partial charge is 0.112 e. The van der Waals surface area contributed by atoms with Gasteiger partial charge < -0.3 is 10.5 Å². The molecule has 0 bridgehead atoms. The number of hydrogen-bond acceptors (Lipinski definition) is 2. The largest absolute Gasteiger partial charge is 0.377 e. The normalized spacial score (nSPS) is 26.6. The molecule has 0 aromatic heterocycles. The van der Waals surface area contributed by atoms with Crippen molar-refractivity contribution in [1.29, 1.82) is 0 Å². The summed E-state index contributed by atoms with van der Waals surface area (Å²) in [4.78, 5) is 0. The van der Waals surface area contributed by atoms with Crippen molar-refractivity contribution in [3.8, 4) is 0 Å². The molecule has 0 unspecified atom stereocenters. The maximum Gasteiger partial charge on any atom is 0.112 e. The number of rotatable bonds is 1. The molecule has 1 aliphatic rings. The SMILES string of the molecule is NC1(CF)COC1. The lowest BCUT2D eigenvalue weighted by Crippen LogP contribution is -2.59. The van der Waals surface area contributed by atoms with Gasteiger partial charge in [0.05, 0.1) is 18.8 Å². The molecule has 1 heterocycles. The number of alkyl halides is 1.